The number of halogens is 1. The first-order valence-corrected chi connectivity index (χ1v) is 7.80. The largest absolute Gasteiger partial charge is 0.497 e. The van der Waals surface area contributed by atoms with Crippen molar-refractivity contribution < 1.29 is 13.9 Å². The number of aryl methyl sites for hydroxylation is 1. The van der Waals surface area contributed by atoms with Crippen LogP contribution < -0.4 is 10.1 Å². The number of nitrogens with zero attached hydrogens (tertiary/aromatic N) is 2. The molecule has 1 N–H and O–H groups in total. The molecule has 1 heterocycles. The van der Waals surface area contributed by atoms with Gasteiger partial charge in [0.25, 0.3) is 5.91 Å². The predicted molar refractivity (Wildman–Crippen MR) is 93.4 cm³/mol. The van der Waals surface area contributed by atoms with Crippen LogP contribution in [-0.4, -0.2) is 22.8 Å². The summed E-state index contributed by atoms with van der Waals surface area (Å²) in [5.41, 5.74) is 1.87. The number of amides is 1. The van der Waals surface area contributed by atoms with Crippen molar-refractivity contribution in [2.75, 3.05) is 12.4 Å². The van der Waals surface area contributed by atoms with E-state index in [0.29, 0.717) is 29.2 Å². The van der Waals surface area contributed by atoms with Crippen molar-refractivity contribution in [1.29, 1.82) is 0 Å². The van der Waals surface area contributed by atoms with Gasteiger partial charge in [-0.15, -0.1) is 0 Å². The molecule has 0 aliphatic rings. The van der Waals surface area contributed by atoms with Crippen LogP contribution in [0.3, 0.4) is 0 Å². The van der Waals surface area contributed by atoms with E-state index >= 15 is 0 Å². The van der Waals surface area contributed by atoms with E-state index in [1.165, 1.54) is 6.07 Å². The molecule has 128 valence electrons. The lowest BCUT2D eigenvalue weighted by atomic mass is 10.2. The molecular formula is C19H18FN3O2. The summed E-state index contributed by atoms with van der Waals surface area (Å²) < 4.78 is 20.5. The molecule has 0 aliphatic heterocycles. The number of anilines is 1. The van der Waals surface area contributed by atoms with Crippen molar-refractivity contribution in [3.8, 4) is 5.75 Å². The Hall–Kier alpha value is -3.15. The zero-order valence-electron chi connectivity index (χ0n) is 14.0. The normalized spacial score (nSPS) is 10.5. The Bertz CT molecular complexity index is 888. The average molecular weight is 339 g/mol. The molecule has 0 atom stereocenters. The molecule has 1 aromatic heterocycles. The topological polar surface area (TPSA) is 56.1 Å². The number of carbonyl (C=O) groups excluding carboxylic acids is 1. The van der Waals surface area contributed by atoms with Gasteiger partial charge in [-0.1, -0.05) is 18.2 Å². The van der Waals surface area contributed by atoms with Gasteiger partial charge in [-0.05, 0) is 37.3 Å². The minimum Gasteiger partial charge on any atom is -0.497 e. The molecule has 2 aromatic carbocycles. The SMILES string of the molecule is COc1ccc(C(=O)Nc2cc(C)n(Cc3ccccc3F)n2)cc1. The fourth-order valence-electron chi connectivity index (χ4n) is 2.45. The molecule has 6 heteroatoms. The smallest absolute Gasteiger partial charge is 0.256 e. The molecule has 0 unspecified atom stereocenters. The first kappa shape index (κ1) is 16.7. The van der Waals surface area contributed by atoms with E-state index in [-0.39, 0.29) is 11.7 Å². The zero-order valence-corrected chi connectivity index (χ0v) is 14.0. The number of carbonyl (C=O) groups is 1. The maximum Gasteiger partial charge on any atom is 0.256 e. The van der Waals surface area contributed by atoms with Crippen LogP contribution >= 0.6 is 0 Å². The lowest BCUT2D eigenvalue weighted by Gasteiger charge is -2.06. The van der Waals surface area contributed by atoms with Crippen LogP contribution in [0.2, 0.25) is 0 Å². The molecule has 0 saturated carbocycles. The first-order chi connectivity index (χ1) is 12.1. The third-order valence-corrected chi connectivity index (χ3v) is 3.85. The highest BCUT2D eigenvalue weighted by molar-refractivity contribution is 6.03. The lowest BCUT2D eigenvalue weighted by molar-refractivity contribution is 0.102. The van der Waals surface area contributed by atoms with Gasteiger partial charge < -0.3 is 10.1 Å². The minimum atomic E-state index is -0.277. The number of hydrogen-bond acceptors (Lipinski definition) is 3. The Morgan fingerprint density at radius 2 is 1.92 bits per heavy atom. The number of benzene rings is 2. The van der Waals surface area contributed by atoms with Gasteiger partial charge in [0.1, 0.15) is 11.6 Å². The highest BCUT2D eigenvalue weighted by Crippen LogP contribution is 2.16. The molecule has 0 saturated heterocycles. The maximum absolute atomic E-state index is 13.8. The second kappa shape index (κ2) is 7.17. The highest BCUT2D eigenvalue weighted by atomic mass is 19.1. The summed E-state index contributed by atoms with van der Waals surface area (Å²) >= 11 is 0. The molecule has 0 fully saturated rings. The molecule has 0 bridgehead atoms. The van der Waals surface area contributed by atoms with Crippen molar-refractivity contribution in [1.82, 2.24) is 9.78 Å². The molecular weight excluding hydrogens is 321 g/mol. The number of aromatic nitrogens is 2. The summed E-state index contributed by atoms with van der Waals surface area (Å²) in [6, 6.07) is 15.1. The highest BCUT2D eigenvalue weighted by Gasteiger charge is 2.11. The second-order valence-electron chi connectivity index (χ2n) is 5.60. The number of rotatable bonds is 5. The quantitative estimate of drug-likeness (QED) is 0.772. The summed E-state index contributed by atoms with van der Waals surface area (Å²) in [5.74, 6) is 0.565. The summed E-state index contributed by atoms with van der Waals surface area (Å²) in [6.45, 7) is 2.16. The van der Waals surface area contributed by atoms with Crippen molar-refractivity contribution in [2.45, 2.75) is 13.5 Å². The van der Waals surface area contributed by atoms with Crippen molar-refractivity contribution in [3.63, 3.8) is 0 Å². The number of nitrogens with one attached hydrogen (secondary N) is 1. The van der Waals surface area contributed by atoms with Crippen LogP contribution in [0.15, 0.2) is 54.6 Å². The molecule has 0 aliphatic carbocycles. The van der Waals surface area contributed by atoms with Gasteiger partial charge in [0, 0.05) is 22.9 Å². The van der Waals surface area contributed by atoms with E-state index < -0.39 is 0 Å². The Morgan fingerprint density at radius 3 is 2.60 bits per heavy atom. The van der Waals surface area contributed by atoms with Crippen LogP contribution in [0.25, 0.3) is 0 Å². The lowest BCUT2D eigenvalue weighted by Crippen LogP contribution is -2.13. The van der Waals surface area contributed by atoms with E-state index in [4.69, 9.17) is 4.74 Å². The number of methoxy groups -OCH3 is 1. The fraction of sp³-hybridized carbons (Fsp3) is 0.158. The molecule has 0 radical (unpaired) electrons. The molecule has 3 aromatic rings. The Morgan fingerprint density at radius 1 is 1.20 bits per heavy atom. The summed E-state index contributed by atoms with van der Waals surface area (Å²) in [4.78, 5) is 12.3. The van der Waals surface area contributed by atoms with Crippen LogP contribution in [0.1, 0.15) is 21.6 Å². The van der Waals surface area contributed by atoms with Crippen molar-refractivity contribution in [2.24, 2.45) is 0 Å². The summed E-state index contributed by atoms with van der Waals surface area (Å²) in [6.07, 6.45) is 0. The first-order valence-electron chi connectivity index (χ1n) is 7.80. The standard InChI is InChI=1S/C19H18FN3O2/c1-13-11-18(21-19(24)14-7-9-16(25-2)10-8-14)22-23(13)12-15-5-3-4-6-17(15)20/h3-11H,12H2,1-2H3,(H,21,22,24). The second-order valence-corrected chi connectivity index (χ2v) is 5.60. The van der Waals surface area contributed by atoms with E-state index in [1.54, 1.807) is 60.3 Å². The fourth-order valence-corrected chi connectivity index (χ4v) is 2.45. The molecule has 25 heavy (non-hydrogen) atoms. The third kappa shape index (κ3) is 3.85. The van der Waals surface area contributed by atoms with Gasteiger partial charge in [-0.3, -0.25) is 9.48 Å². The van der Waals surface area contributed by atoms with Gasteiger partial charge in [-0.25, -0.2) is 4.39 Å². The Labute approximate surface area is 145 Å². The maximum atomic E-state index is 13.8. The Balaban J connectivity index is 1.73. The van der Waals surface area contributed by atoms with E-state index in [9.17, 15) is 9.18 Å². The van der Waals surface area contributed by atoms with Gasteiger partial charge >= 0.3 is 0 Å². The molecule has 1 amide bonds. The Kier molecular flexibility index (Phi) is 4.79. The minimum absolute atomic E-state index is 0.266. The predicted octanol–water partition coefficient (Wildman–Crippen LogP) is 3.64. The van der Waals surface area contributed by atoms with Gasteiger partial charge in [0.05, 0.1) is 13.7 Å². The molecule has 3 rings (SSSR count). The van der Waals surface area contributed by atoms with Gasteiger partial charge in [0.15, 0.2) is 5.82 Å². The van der Waals surface area contributed by atoms with Crippen LogP contribution in [-0.2, 0) is 6.54 Å². The van der Waals surface area contributed by atoms with E-state index in [2.05, 4.69) is 10.4 Å². The third-order valence-electron chi connectivity index (χ3n) is 3.85. The monoisotopic (exact) mass is 339 g/mol. The zero-order chi connectivity index (χ0) is 17.8. The summed E-state index contributed by atoms with van der Waals surface area (Å²) in [5, 5.41) is 7.09. The van der Waals surface area contributed by atoms with E-state index in [0.717, 1.165) is 5.69 Å². The number of ether oxygens (including phenoxy) is 1. The van der Waals surface area contributed by atoms with Crippen LogP contribution in [0.4, 0.5) is 10.2 Å². The number of hydrogen-bond donors (Lipinski definition) is 1. The van der Waals surface area contributed by atoms with E-state index in [1.807, 2.05) is 6.92 Å². The molecule has 0 spiro atoms. The van der Waals surface area contributed by atoms with Crippen LogP contribution in [0.5, 0.6) is 5.75 Å². The van der Waals surface area contributed by atoms with Crippen LogP contribution in [0, 0.1) is 12.7 Å². The van der Waals surface area contributed by atoms with Gasteiger partial charge in [-0.2, -0.15) is 5.10 Å². The average Bonchev–Trinajstić information content (AvgIpc) is 2.96. The van der Waals surface area contributed by atoms with Gasteiger partial charge in [0.2, 0.25) is 0 Å². The molecule has 5 nitrogen and oxygen atoms in total. The summed E-state index contributed by atoms with van der Waals surface area (Å²) in [7, 11) is 1.57. The van der Waals surface area contributed by atoms with Crippen molar-refractivity contribution in [3.05, 3.63) is 77.2 Å². The van der Waals surface area contributed by atoms with Crippen molar-refractivity contribution >= 4 is 11.7 Å².